The average molecular weight is 379 g/mol. The van der Waals surface area contributed by atoms with Crippen molar-refractivity contribution in [1.29, 1.82) is 5.26 Å². The normalized spacial score (nSPS) is 11.4. The zero-order valence-corrected chi connectivity index (χ0v) is 16.2. The summed E-state index contributed by atoms with van der Waals surface area (Å²) in [5, 5.41) is 9.67. The highest BCUT2D eigenvalue weighted by Crippen LogP contribution is 2.23. The van der Waals surface area contributed by atoms with Crippen molar-refractivity contribution in [2.45, 2.75) is 6.42 Å². The van der Waals surface area contributed by atoms with Crippen LogP contribution in [0.3, 0.4) is 0 Å². The van der Waals surface area contributed by atoms with Gasteiger partial charge in [0.25, 0.3) is 0 Å². The number of hydrogen-bond donors (Lipinski definition) is 0. The Kier molecular flexibility index (Phi) is 5.40. The van der Waals surface area contributed by atoms with Crippen molar-refractivity contribution in [2.24, 2.45) is 7.05 Å². The van der Waals surface area contributed by atoms with E-state index < -0.39 is 0 Å². The number of aromatic nitrogens is 2. The maximum atomic E-state index is 9.67. The van der Waals surface area contributed by atoms with Crippen LogP contribution >= 0.6 is 0 Å². The van der Waals surface area contributed by atoms with E-state index in [9.17, 15) is 5.26 Å². The minimum atomic E-state index is 0.529. The van der Waals surface area contributed by atoms with E-state index in [1.54, 1.807) is 0 Å². The van der Waals surface area contributed by atoms with E-state index >= 15 is 0 Å². The van der Waals surface area contributed by atoms with Crippen LogP contribution < -0.4 is 4.74 Å². The monoisotopic (exact) mass is 379 g/mol. The summed E-state index contributed by atoms with van der Waals surface area (Å²) in [5.41, 5.74) is 4.61. The number of nitrogens with zero attached hydrogens (tertiary/aromatic N) is 3. The van der Waals surface area contributed by atoms with Gasteiger partial charge in [-0.25, -0.2) is 4.98 Å². The van der Waals surface area contributed by atoms with Crippen LogP contribution in [0.5, 0.6) is 5.75 Å². The summed E-state index contributed by atoms with van der Waals surface area (Å²) in [5.74, 6) is 1.48. The van der Waals surface area contributed by atoms with Crippen LogP contribution in [0.25, 0.3) is 22.7 Å². The lowest BCUT2D eigenvalue weighted by atomic mass is 10.1. The van der Waals surface area contributed by atoms with Gasteiger partial charge in [0.1, 0.15) is 11.8 Å². The molecule has 3 aromatic carbocycles. The van der Waals surface area contributed by atoms with E-state index in [1.807, 2.05) is 84.4 Å². The van der Waals surface area contributed by atoms with Crippen LogP contribution in [0.4, 0.5) is 0 Å². The molecule has 4 nitrogen and oxygen atoms in total. The number of allylic oxidation sites excluding steroid dienone is 1. The van der Waals surface area contributed by atoms with E-state index in [2.05, 4.69) is 23.2 Å². The van der Waals surface area contributed by atoms with Gasteiger partial charge in [0.15, 0.2) is 5.82 Å². The van der Waals surface area contributed by atoms with Crippen LogP contribution in [0.1, 0.15) is 17.0 Å². The molecule has 0 aliphatic carbocycles. The summed E-state index contributed by atoms with van der Waals surface area (Å²) in [6, 6.07) is 28.2. The van der Waals surface area contributed by atoms with E-state index in [4.69, 9.17) is 4.74 Å². The van der Waals surface area contributed by atoms with Crippen molar-refractivity contribution >= 4 is 22.7 Å². The summed E-state index contributed by atoms with van der Waals surface area (Å²) in [7, 11) is 1.93. The highest BCUT2D eigenvalue weighted by Gasteiger charge is 2.11. The van der Waals surface area contributed by atoms with Gasteiger partial charge < -0.3 is 9.30 Å². The third-order valence-electron chi connectivity index (χ3n) is 4.84. The maximum absolute atomic E-state index is 9.67. The Hall–Kier alpha value is -3.84. The molecule has 29 heavy (non-hydrogen) atoms. The average Bonchev–Trinajstić information content (AvgIpc) is 3.10. The highest BCUT2D eigenvalue weighted by atomic mass is 16.5. The second kappa shape index (κ2) is 8.45. The molecular formula is C25H21N3O. The first kappa shape index (κ1) is 18.5. The van der Waals surface area contributed by atoms with Gasteiger partial charge in [0.05, 0.1) is 23.2 Å². The first-order chi connectivity index (χ1) is 14.2. The molecule has 0 radical (unpaired) electrons. The van der Waals surface area contributed by atoms with Crippen LogP contribution in [0.15, 0.2) is 78.9 Å². The van der Waals surface area contributed by atoms with Crippen LogP contribution in [-0.4, -0.2) is 16.2 Å². The first-order valence-electron chi connectivity index (χ1n) is 9.55. The molecule has 1 heterocycles. The summed E-state index contributed by atoms with van der Waals surface area (Å²) >= 11 is 0. The molecule has 0 spiro atoms. The molecule has 142 valence electrons. The van der Waals surface area contributed by atoms with Gasteiger partial charge in [-0.1, -0.05) is 54.6 Å². The smallest absolute Gasteiger partial charge is 0.151 e. The van der Waals surface area contributed by atoms with Crippen molar-refractivity contribution in [3.8, 4) is 11.8 Å². The molecule has 0 unspecified atom stereocenters. The fourth-order valence-corrected chi connectivity index (χ4v) is 3.29. The number of hydrogen-bond acceptors (Lipinski definition) is 3. The molecule has 1 aromatic heterocycles. The number of aryl methyl sites for hydroxylation is 1. The topological polar surface area (TPSA) is 50.8 Å². The SMILES string of the molecule is Cn1c(C(C#N)=Cc2ccc(OCCc3ccccc3)cc2)nc2ccccc21. The molecular weight excluding hydrogens is 358 g/mol. The number of para-hydroxylation sites is 2. The summed E-state index contributed by atoms with van der Waals surface area (Å²) in [6.07, 6.45) is 2.72. The van der Waals surface area contributed by atoms with Gasteiger partial charge in [-0.3, -0.25) is 0 Å². The Morgan fingerprint density at radius 3 is 2.45 bits per heavy atom. The molecule has 4 aromatic rings. The molecule has 0 saturated heterocycles. The molecule has 0 N–H and O–H groups in total. The minimum Gasteiger partial charge on any atom is -0.493 e. The Morgan fingerprint density at radius 1 is 1.00 bits per heavy atom. The number of benzene rings is 3. The molecule has 0 aliphatic heterocycles. The molecule has 0 fully saturated rings. The molecule has 4 heteroatoms. The number of rotatable bonds is 6. The van der Waals surface area contributed by atoms with E-state index in [0.717, 1.165) is 28.8 Å². The quantitative estimate of drug-likeness (QED) is 0.430. The van der Waals surface area contributed by atoms with Gasteiger partial charge in [0, 0.05) is 13.5 Å². The molecule has 4 rings (SSSR count). The molecule has 0 aliphatic rings. The zero-order valence-electron chi connectivity index (χ0n) is 16.2. The minimum absolute atomic E-state index is 0.529. The van der Waals surface area contributed by atoms with Gasteiger partial charge >= 0.3 is 0 Å². The number of fused-ring (bicyclic) bond motifs is 1. The van der Waals surface area contributed by atoms with Crippen molar-refractivity contribution in [1.82, 2.24) is 9.55 Å². The second-order valence-electron chi connectivity index (χ2n) is 6.81. The standard InChI is InChI=1S/C25H21N3O/c1-28-24-10-6-5-9-23(24)27-25(28)21(18-26)17-20-11-13-22(14-12-20)29-16-15-19-7-3-2-4-8-19/h2-14,17H,15-16H2,1H3. The Balaban J connectivity index is 1.48. The number of imidazole rings is 1. The predicted molar refractivity (Wildman–Crippen MR) is 116 cm³/mol. The first-order valence-corrected chi connectivity index (χ1v) is 9.55. The lowest BCUT2D eigenvalue weighted by molar-refractivity contribution is 0.322. The van der Waals surface area contributed by atoms with Crippen molar-refractivity contribution in [3.05, 3.63) is 95.8 Å². The Bertz CT molecular complexity index is 1180. The summed E-state index contributed by atoms with van der Waals surface area (Å²) < 4.78 is 7.79. The predicted octanol–water partition coefficient (Wildman–Crippen LogP) is 5.26. The van der Waals surface area contributed by atoms with Crippen LogP contribution in [0.2, 0.25) is 0 Å². The molecule has 0 bridgehead atoms. The fourth-order valence-electron chi connectivity index (χ4n) is 3.29. The zero-order chi connectivity index (χ0) is 20.1. The van der Waals surface area contributed by atoms with Gasteiger partial charge in [0.2, 0.25) is 0 Å². The van der Waals surface area contributed by atoms with E-state index in [0.29, 0.717) is 18.0 Å². The van der Waals surface area contributed by atoms with Gasteiger partial charge in [-0.05, 0) is 41.5 Å². The third-order valence-corrected chi connectivity index (χ3v) is 4.84. The Labute approximate surface area is 170 Å². The largest absolute Gasteiger partial charge is 0.493 e. The van der Waals surface area contributed by atoms with Crippen molar-refractivity contribution in [2.75, 3.05) is 6.61 Å². The molecule has 0 saturated carbocycles. The fraction of sp³-hybridized carbons (Fsp3) is 0.120. The Morgan fingerprint density at radius 2 is 1.72 bits per heavy atom. The van der Waals surface area contributed by atoms with Gasteiger partial charge in [-0.15, -0.1) is 0 Å². The molecule has 0 atom stereocenters. The van der Waals surface area contributed by atoms with E-state index in [1.165, 1.54) is 5.56 Å². The summed E-state index contributed by atoms with van der Waals surface area (Å²) in [6.45, 7) is 0.627. The van der Waals surface area contributed by atoms with E-state index in [-0.39, 0.29) is 0 Å². The lowest BCUT2D eigenvalue weighted by Crippen LogP contribution is -2.01. The van der Waals surface area contributed by atoms with Crippen molar-refractivity contribution in [3.63, 3.8) is 0 Å². The maximum Gasteiger partial charge on any atom is 0.151 e. The second-order valence-corrected chi connectivity index (χ2v) is 6.81. The van der Waals surface area contributed by atoms with Crippen molar-refractivity contribution < 1.29 is 4.74 Å². The summed E-state index contributed by atoms with van der Waals surface area (Å²) in [4.78, 5) is 4.61. The van der Waals surface area contributed by atoms with Gasteiger partial charge in [-0.2, -0.15) is 5.26 Å². The van der Waals surface area contributed by atoms with Crippen LogP contribution in [-0.2, 0) is 13.5 Å². The van der Waals surface area contributed by atoms with Crippen LogP contribution in [0, 0.1) is 11.3 Å². The third kappa shape index (κ3) is 4.20. The lowest BCUT2D eigenvalue weighted by Gasteiger charge is -2.07. The molecule has 0 amide bonds. The highest BCUT2D eigenvalue weighted by molar-refractivity contribution is 5.90. The number of nitriles is 1. The number of ether oxygens (including phenoxy) is 1.